The maximum atomic E-state index is 12.8. The average molecular weight is 290 g/mol. The Morgan fingerprint density at radius 3 is 2.86 bits per heavy atom. The molecule has 0 spiro atoms. The van der Waals surface area contributed by atoms with E-state index >= 15 is 0 Å². The quantitative estimate of drug-likeness (QED) is 0.895. The average Bonchev–Trinajstić information content (AvgIpc) is 2.47. The van der Waals surface area contributed by atoms with Crippen molar-refractivity contribution in [1.29, 1.82) is 0 Å². The van der Waals surface area contributed by atoms with Crippen molar-refractivity contribution in [3.05, 3.63) is 29.8 Å². The normalized spacial score (nSPS) is 19.3. The third kappa shape index (κ3) is 3.76. The summed E-state index contributed by atoms with van der Waals surface area (Å²) in [6.07, 6.45) is 2.24. The zero-order valence-electron chi connectivity index (χ0n) is 13.2. The molecule has 1 amide bonds. The van der Waals surface area contributed by atoms with E-state index in [-0.39, 0.29) is 17.1 Å². The van der Waals surface area contributed by atoms with Gasteiger partial charge in [0.2, 0.25) is 5.91 Å². The van der Waals surface area contributed by atoms with Crippen LogP contribution in [0.1, 0.15) is 32.3 Å². The smallest absolute Gasteiger partial charge is 0.228 e. The third-order valence-corrected chi connectivity index (χ3v) is 4.55. The van der Waals surface area contributed by atoms with Gasteiger partial charge < -0.3 is 15.3 Å². The molecule has 1 unspecified atom stereocenters. The number of phenols is 1. The van der Waals surface area contributed by atoms with Crippen LogP contribution in [-0.2, 0) is 11.3 Å². The molecule has 0 saturated carbocycles. The number of nitrogens with zero attached hydrogens (tertiary/aromatic N) is 1. The molecule has 1 aliphatic rings. The van der Waals surface area contributed by atoms with Crippen LogP contribution in [0.3, 0.4) is 0 Å². The second-order valence-corrected chi connectivity index (χ2v) is 6.60. The van der Waals surface area contributed by atoms with Crippen molar-refractivity contribution in [2.75, 3.05) is 20.1 Å². The standard InChI is InChI=1S/C17H26N2O2/c1-17(2,14-7-5-9-18-11-14)16(21)19(3)12-13-6-4-8-15(20)10-13/h4,6,8,10,14,18,20H,5,7,9,11-12H2,1-3H3. The molecule has 1 saturated heterocycles. The number of rotatable bonds is 4. The van der Waals surface area contributed by atoms with Gasteiger partial charge in [-0.05, 0) is 49.5 Å². The molecule has 1 aliphatic heterocycles. The fraction of sp³-hybridized carbons (Fsp3) is 0.588. The van der Waals surface area contributed by atoms with Crippen molar-refractivity contribution in [3.63, 3.8) is 0 Å². The van der Waals surface area contributed by atoms with Gasteiger partial charge in [0.1, 0.15) is 5.75 Å². The summed E-state index contributed by atoms with van der Waals surface area (Å²) in [5.74, 6) is 0.786. The Labute approximate surface area is 127 Å². The monoisotopic (exact) mass is 290 g/mol. The molecule has 0 bridgehead atoms. The number of carbonyl (C=O) groups excluding carboxylic acids is 1. The zero-order chi connectivity index (χ0) is 15.5. The van der Waals surface area contributed by atoms with Crippen LogP contribution in [0.2, 0.25) is 0 Å². The number of nitrogens with one attached hydrogen (secondary N) is 1. The number of aromatic hydroxyl groups is 1. The van der Waals surface area contributed by atoms with E-state index in [4.69, 9.17) is 0 Å². The Balaban J connectivity index is 2.03. The van der Waals surface area contributed by atoms with Crippen LogP contribution in [0.25, 0.3) is 0 Å². The fourth-order valence-corrected chi connectivity index (χ4v) is 3.13. The predicted molar refractivity (Wildman–Crippen MR) is 84.0 cm³/mol. The molecule has 1 fully saturated rings. The van der Waals surface area contributed by atoms with E-state index < -0.39 is 0 Å². The first-order valence-corrected chi connectivity index (χ1v) is 7.65. The molecule has 1 aromatic rings. The maximum absolute atomic E-state index is 12.8. The Hall–Kier alpha value is -1.55. The van der Waals surface area contributed by atoms with Crippen molar-refractivity contribution in [3.8, 4) is 5.75 Å². The minimum Gasteiger partial charge on any atom is -0.508 e. The molecule has 0 aliphatic carbocycles. The first-order chi connectivity index (χ1) is 9.91. The van der Waals surface area contributed by atoms with Crippen LogP contribution in [0.4, 0.5) is 0 Å². The molecule has 4 heteroatoms. The maximum Gasteiger partial charge on any atom is 0.228 e. The Morgan fingerprint density at radius 1 is 1.48 bits per heavy atom. The first-order valence-electron chi connectivity index (χ1n) is 7.65. The van der Waals surface area contributed by atoms with Gasteiger partial charge in [0.25, 0.3) is 0 Å². The molecule has 1 atom stereocenters. The molecule has 0 radical (unpaired) electrons. The van der Waals surface area contributed by atoms with E-state index in [1.54, 1.807) is 23.1 Å². The van der Waals surface area contributed by atoms with Crippen LogP contribution in [0.15, 0.2) is 24.3 Å². The molecular formula is C17H26N2O2. The number of hydrogen-bond donors (Lipinski definition) is 2. The molecular weight excluding hydrogens is 264 g/mol. The number of amides is 1. The minimum atomic E-state index is -0.362. The summed E-state index contributed by atoms with van der Waals surface area (Å²) in [6, 6.07) is 7.08. The Morgan fingerprint density at radius 2 is 2.24 bits per heavy atom. The van der Waals surface area contributed by atoms with Crippen molar-refractivity contribution in [2.24, 2.45) is 11.3 Å². The topological polar surface area (TPSA) is 52.6 Å². The van der Waals surface area contributed by atoms with Crippen LogP contribution < -0.4 is 5.32 Å². The van der Waals surface area contributed by atoms with E-state index in [1.807, 2.05) is 27.0 Å². The zero-order valence-corrected chi connectivity index (χ0v) is 13.2. The van der Waals surface area contributed by atoms with Gasteiger partial charge in [-0.3, -0.25) is 4.79 Å². The van der Waals surface area contributed by atoms with E-state index in [9.17, 15) is 9.90 Å². The number of benzene rings is 1. The lowest BCUT2D eigenvalue weighted by Crippen LogP contribution is -2.47. The van der Waals surface area contributed by atoms with Crippen LogP contribution in [0, 0.1) is 11.3 Å². The molecule has 4 nitrogen and oxygen atoms in total. The van der Waals surface area contributed by atoms with Crippen LogP contribution in [0.5, 0.6) is 5.75 Å². The van der Waals surface area contributed by atoms with Crippen molar-refractivity contribution in [1.82, 2.24) is 10.2 Å². The molecule has 0 aromatic heterocycles. The van der Waals surface area contributed by atoms with E-state index in [0.717, 1.165) is 31.5 Å². The van der Waals surface area contributed by atoms with E-state index in [2.05, 4.69) is 5.32 Å². The number of piperidine rings is 1. The van der Waals surface area contributed by atoms with Crippen molar-refractivity contribution in [2.45, 2.75) is 33.2 Å². The summed E-state index contributed by atoms with van der Waals surface area (Å²) >= 11 is 0. The minimum absolute atomic E-state index is 0.166. The fourth-order valence-electron chi connectivity index (χ4n) is 3.13. The predicted octanol–water partition coefficient (Wildman–Crippen LogP) is 2.38. The highest BCUT2D eigenvalue weighted by atomic mass is 16.3. The summed E-state index contributed by atoms with van der Waals surface area (Å²) in [5.41, 5.74) is 0.586. The summed E-state index contributed by atoms with van der Waals surface area (Å²) in [5, 5.41) is 12.9. The highest BCUT2D eigenvalue weighted by Crippen LogP contribution is 2.33. The van der Waals surface area contributed by atoms with Crippen molar-refractivity contribution < 1.29 is 9.90 Å². The summed E-state index contributed by atoms with van der Waals surface area (Å²) in [7, 11) is 1.84. The molecule has 1 heterocycles. The Bertz CT molecular complexity index is 493. The van der Waals surface area contributed by atoms with Crippen molar-refractivity contribution >= 4 is 5.91 Å². The second-order valence-electron chi connectivity index (χ2n) is 6.60. The second kappa shape index (κ2) is 6.48. The summed E-state index contributed by atoms with van der Waals surface area (Å²) < 4.78 is 0. The molecule has 2 rings (SSSR count). The SMILES string of the molecule is CN(Cc1cccc(O)c1)C(=O)C(C)(C)C1CCCNC1. The number of phenolic OH excluding ortho intramolecular Hbond substituents is 1. The van der Waals surface area contributed by atoms with E-state index in [0.29, 0.717) is 12.5 Å². The van der Waals surface area contributed by atoms with Gasteiger partial charge in [0, 0.05) is 19.0 Å². The molecule has 2 N–H and O–H groups in total. The van der Waals surface area contributed by atoms with Gasteiger partial charge >= 0.3 is 0 Å². The summed E-state index contributed by atoms with van der Waals surface area (Å²) in [4.78, 5) is 14.6. The Kier molecular flexibility index (Phi) is 4.88. The first kappa shape index (κ1) is 15.8. The van der Waals surface area contributed by atoms with Gasteiger partial charge in [0.15, 0.2) is 0 Å². The van der Waals surface area contributed by atoms with Gasteiger partial charge in [-0.15, -0.1) is 0 Å². The van der Waals surface area contributed by atoms with Crippen LogP contribution >= 0.6 is 0 Å². The molecule has 21 heavy (non-hydrogen) atoms. The molecule has 1 aromatic carbocycles. The lowest BCUT2D eigenvalue weighted by molar-refractivity contribution is -0.143. The third-order valence-electron chi connectivity index (χ3n) is 4.55. The largest absolute Gasteiger partial charge is 0.508 e. The van der Waals surface area contributed by atoms with Gasteiger partial charge in [-0.2, -0.15) is 0 Å². The van der Waals surface area contributed by atoms with Gasteiger partial charge in [-0.25, -0.2) is 0 Å². The van der Waals surface area contributed by atoms with E-state index in [1.165, 1.54) is 0 Å². The summed E-state index contributed by atoms with van der Waals surface area (Å²) in [6.45, 7) is 6.59. The highest BCUT2D eigenvalue weighted by Gasteiger charge is 2.38. The number of carbonyl (C=O) groups is 1. The number of hydrogen-bond acceptors (Lipinski definition) is 3. The lowest BCUT2D eigenvalue weighted by Gasteiger charge is -2.38. The van der Waals surface area contributed by atoms with Gasteiger partial charge in [-0.1, -0.05) is 26.0 Å². The lowest BCUT2D eigenvalue weighted by atomic mass is 9.74. The molecule has 116 valence electrons. The van der Waals surface area contributed by atoms with Crippen LogP contribution in [-0.4, -0.2) is 36.1 Å². The highest BCUT2D eigenvalue weighted by molar-refractivity contribution is 5.82. The van der Waals surface area contributed by atoms with Gasteiger partial charge in [0.05, 0.1) is 0 Å².